The molecule has 4 aromatic rings. The van der Waals surface area contributed by atoms with Crippen molar-refractivity contribution < 1.29 is 14.3 Å². The Kier molecular flexibility index (Phi) is 5.38. The van der Waals surface area contributed by atoms with E-state index in [9.17, 15) is 4.79 Å². The van der Waals surface area contributed by atoms with Gasteiger partial charge in [0.25, 0.3) is 0 Å². The van der Waals surface area contributed by atoms with Crippen molar-refractivity contribution in [3.8, 4) is 11.6 Å². The third-order valence-corrected chi connectivity index (χ3v) is 5.92. The first-order valence-electron chi connectivity index (χ1n) is 11.0. The Morgan fingerprint density at radius 2 is 2.19 bits per heavy atom. The van der Waals surface area contributed by atoms with Gasteiger partial charge >= 0.3 is 0 Å². The summed E-state index contributed by atoms with van der Waals surface area (Å²) in [5.74, 6) is 1.97. The van der Waals surface area contributed by atoms with E-state index >= 15 is 0 Å². The first-order valence-corrected chi connectivity index (χ1v) is 11.0. The molecule has 5 rings (SSSR count). The van der Waals surface area contributed by atoms with E-state index in [0.29, 0.717) is 36.8 Å². The number of H-pyrrole nitrogens is 1. The standard InChI is InChI=1S/C23H26N6O3/c1-3-32-22-12-10-20-27-26-19(29(20)28-22)9-11-21(30)24-18-6-4-5-15-16-13-14(31-2)7-8-17(16)25-23(15)18/h7-8,10,12-13,18,25H,3-6,9,11H2,1-2H3,(H,24,30). The minimum absolute atomic E-state index is 0.0169. The van der Waals surface area contributed by atoms with Gasteiger partial charge in [0.2, 0.25) is 11.8 Å². The number of nitrogens with one attached hydrogen (secondary N) is 2. The maximum Gasteiger partial charge on any atom is 0.231 e. The van der Waals surface area contributed by atoms with Crippen molar-refractivity contribution in [3.63, 3.8) is 0 Å². The van der Waals surface area contributed by atoms with Crippen molar-refractivity contribution in [1.29, 1.82) is 0 Å². The van der Waals surface area contributed by atoms with Gasteiger partial charge < -0.3 is 19.8 Å². The van der Waals surface area contributed by atoms with Gasteiger partial charge in [0.15, 0.2) is 11.5 Å². The van der Waals surface area contributed by atoms with Crippen molar-refractivity contribution in [2.24, 2.45) is 0 Å². The third kappa shape index (κ3) is 3.74. The number of nitrogens with zero attached hydrogens (tertiary/aromatic N) is 4. The largest absolute Gasteiger partial charge is 0.497 e. The van der Waals surface area contributed by atoms with Gasteiger partial charge in [0.05, 0.1) is 19.8 Å². The number of amides is 1. The summed E-state index contributed by atoms with van der Waals surface area (Å²) in [6, 6.07) is 9.59. The molecule has 0 aliphatic heterocycles. The van der Waals surface area contributed by atoms with Crippen LogP contribution in [-0.2, 0) is 17.6 Å². The average Bonchev–Trinajstić information content (AvgIpc) is 3.39. The van der Waals surface area contributed by atoms with Crippen LogP contribution >= 0.6 is 0 Å². The van der Waals surface area contributed by atoms with E-state index in [2.05, 4.69) is 31.7 Å². The summed E-state index contributed by atoms with van der Waals surface area (Å²) in [5, 5.41) is 17.1. The summed E-state index contributed by atoms with van der Waals surface area (Å²) in [6.07, 6.45) is 3.69. The minimum Gasteiger partial charge on any atom is -0.497 e. The Labute approximate surface area is 185 Å². The number of benzene rings is 1. The molecule has 0 bridgehead atoms. The zero-order chi connectivity index (χ0) is 22.1. The smallest absolute Gasteiger partial charge is 0.231 e. The average molecular weight is 435 g/mol. The van der Waals surface area contributed by atoms with Crippen LogP contribution in [0, 0.1) is 0 Å². The fourth-order valence-corrected chi connectivity index (χ4v) is 4.40. The maximum atomic E-state index is 12.8. The number of hydrogen-bond acceptors (Lipinski definition) is 6. The lowest BCUT2D eigenvalue weighted by atomic mass is 9.91. The molecule has 1 amide bonds. The third-order valence-electron chi connectivity index (χ3n) is 5.92. The van der Waals surface area contributed by atoms with Crippen molar-refractivity contribution in [2.45, 2.75) is 45.1 Å². The molecule has 1 aliphatic rings. The Morgan fingerprint density at radius 1 is 1.28 bits per heavy atom. The molecular weight excluding hydrogens is 408 g/mol. The quantitative estimate of drug-likeness (QED) is 0.463. The van der Waals surface area contributed by atoms with Crippen LogP contribution in [0.15, 0.2) is 30.3 Å². The van der Waals surface area contributed by atoms with Crippen LogP contribution in [0.2, 0.25) is 0 Å². The molecule has 3 heterocycles. The lowest BCUT2D eigenvalue weighted by molar-refractivity contribution is -0.122. The van der Waals surface area contributed by atoms with Crippen LogP contribution in [0.3, 0.4) is 0 Å². The first kappa shape index (κ1) is 20.3. The Hall–Kier alpha value is -3.62. The summed E-state index contributed by atoms with van der Waals surface area (Å²) in [5.41, 5.74) is 4.08. The number of methoxy groups -OCH3 is 1. The molecule has 0 fully saturated rings. The number of aryl methyl sites for hydroxylation is 2. The highest BCUT2D eigenvalue weighted by Crippen LogP contribution is 2.36. The number of hydrogen-bond donors (Lipinski definition) is 2. The molecule has 0 saturated carbocycles. The summed E-state index contributed by atoms with van der Waals surface area (Å²) < 4.78 is 12.5. The van der Waals surface area contributed by atoms with Crippen molar-refractivity contribution in [1.82, 2.24) is 30.1 Å². The summed E-state index contributed by atoms with van der Waals surface area (Å²) >= 11 is 0. The second-order valence-corrected chi connectivity index (χ2v) is 7.93. The summed E-state index contributed by atoms with van der Waals surface area (Å²) in [4.78, 5) is 16.3. The molecule has 1 atom stereocenters. The fraction of sp³-hybridized carbons (Fsp3) is 0.391. The van der Waals surface area contributed by atoms with E-state index in [1.165, 1.54) is 10.9 Å². The van der Waals surface area contributed by atoms with E-state index in [1.807, 2.05) is 25.1 Å². The van der Waals surface area contributed by atoms with Crippen molar-refractivity contribution in [3.05, 3.63) is 47.4 Å². The zero-order valence-corrected chi connectivity index (χ0v) is 18.2. The van der Waals surface area contributed by atoms with Crippen molar-refractivity contribution >= 4 is 22.5 Å². The van der Waals surface area contributed by atoms with Crippen LogP contribution < -0.4 is 14.8 Å². The van der Waals surface area contributed by atoms with Gasteiger partial charge in [-0.05, 0) is 56.0 Å². The van der Waals surface area contributed by atoms with Gasteiger partial charge in [0.1, 0.15) is 5.75 Å². The van der Waals surface area contributed by atoms with Crippen LogP contribution in [0.5, 0.6) is 11.6 Å². The van der Waals surface area contributed by atoms with E-state index in [-0.39, 0.29) is 11.9 Å². The molecule has 0 spiro atoms. The van der Waals surface area contributed by atoms with Gasteiger partial charge in [-0.3, -0.25) is 4.79 Å². The van der Waals surface area contributed by atoms with Gasteiger partial charge in [-0.25, -0.2) is 0 Å². The number of fused-ring (bicyclic) bond motifs is 4. The van der Waals surface area contributed by atoms with Crippen molar-refractivity contribution in [2.75, 3.05) is 13.7 Å². The van der Waals surface area contributed by atoms with Crippen LogP contribution in [0.25, 0.3) is 16.6 Å². The van der Waals surface area contributed by atoms with E-state index in [4.69, 9.17) is 9.47 Å². The van der Waals surface area contributed by atoms with Gasteiger partial charge in [-0.15, -0.1) is 15.3 Å². The SMILES string of the molecule is CCOc1ccc2nnc(CCC(=O)NC3CCCc4c3[nH]c3ccc(OC)cc43)n2n1. The van der Waals surface area contributed by atoms with Crippen LogP contribution in [0.4, 0.5) is 0 Å². The zero-order valence-electron chi connectivity index (χ0n) is 18.2. The first-order chi connectivity index (χ1) is 15.7. The second kappa shape index (κ2) is 8.49. The monoisotopic (exact) mass is 434 g/mol. The number of aromatic amines is 1. The van der Waals surface area contributed by atoms with Gasteiger partial charge in [-0.1, -0.05) is 0 Å². The lowest BCUT2D eigenvalue weighted by Crippen LogP contribution is -2.31. The molecule has 3 aromatic heterocycles. The fourth-order valence-electron chi connectivity index (χ4n) is 4.40. The highest BCUT2D eigenvalue weighted by molar-refractivity contribution is 5.87. The summed E-state index contributed by atoms with van der Waals surface area (Å²) in [6.45, 7) is 2.44. The molecule has 32 heavy (non-hydrogen) atoms. The number of rotatable bonds is 7. The number of carbonyl (C=O) groups excluding carboxylic acids is 1. The van der Waals surface area contributed by atoms with Crippen LogP contribution in [0.1, 0.15) is 49.3 Å². The Balaban J connectivity index is 1.29. The minimum atomic E-state index is -0.0255. The molecule has 9 heteroatoms. The molecule has 166 valence electrons. The van der Waals surface area contributed by atoms with Gasteiger partial charge in [-0.2, -0.15) is 4.52 Å². The predicted octanol–water partition coefficient (Wildman–Crippen LogP) is 3.14. The van der Waals surface area contributed by atoms with E-state index < -0.39 is 0 Å². The molecule has 9 nitrogen and oxygen atoms in total. The topological polar surface area (TPSA) is 106 Å². The molecule has 2 N–H and O–H groups in total. The Morgan fingerprint density at radius 3 is 3.03 bits per heavy atom. The molecule has 1 unspecified atom stereocenters. The molecule has 1 aromatic carbocycles. The molecular formula is C23H26N6O3. The van der Waals surface area contributed by atoms with E-state index in [1.54, 1.807) is 17.7 Å². The molecule has 1 aliphatic carbocycles. The summed E-state index contributed by atoms with van der Waals surface area (Å²) in [7, 11) is 1.68. The van der Waals surface area contributed by atoms with E-state index in [0.717, 1.165) is 36.2 Å². The lowest BCUT2D eigenvalue weighted by Gasteiger charge is -2.23. The predicted molar refractivity (Wildman–Crippen MR) is 119 cm³/mol. The highest BCUT2D eigenvalue weighted by atomic mass is 16.5. The number of carbonyl (C=O) groups is 1. The normalized spacial score (nSPS) is 15.6. The van der Waals surface area contributed by atoms with Gasteiger partial charge in [0, 0.05) is 35.5 Å². The second-order valence-electron chi connectivity index (χ2n) is 7.93. The van der Waals surface area contributed by atoms with Crippen LogP contribution in [-0.4, -0.2) is 44.4 Å². The maximum absolute atomic E-state index is 12.8. The molecule has 0 saturated heterocycles. The highest BCUT2D eigenvalue weighted by Gasteiger charge is 2.26. The number of aromatic nitrogens is 5. The Bertz CT molecular complexity index is 1280. The number of ether oxygens (including phenoxy) is 2. The molecule has 0 radical (unpaired) electrons.